The zero-order chi connectivity index (χ0) is 19.6. The van der Waals surface area contributed by atoms with Crippen molar-refractivity contribution >= 4 is 33.2 Å². The van der Waals surface area contributed by atoms with Gasteiger partial charge in [0.2, 0.25) is 0 Å². The predicted octanol–water partition coefficient (Wildman–Crippen LogP) is 2.99. The number of carbonyl (C=O) groups is 1. The Hall–Kier alpha value is -3.00. The third kappa shape index (κ3) is 4.22. The Kier molecular flexibility index (Phi) is 5.09. The molecule has 0 unspecified atom stereocenters. The number of anilines is 1. The summed E-state index contributed by atoms with van der Waals surface area (Å²) in [4.78, 5) is 24.7. The lowest BCUT2D eigenvalue weighted by molar-refractivity contribution is -0.384. The summed E-state index contributed by atoms with van der Waals surface area (Å²) < 4.78 is 23.5. The van der Waals surface area contributed by atoms with Gasteiger partial charge in [0.05, 0.1) is 9.82 Å². The number of aryl methyl sites for hydroxylation is 1. The second-order valence-electron chi connectivity index (χ2n) is 6.34. The largest absolute Gasteiger partial charge is 0.309 e. The summed E-state index contributed by atoms with van der Waals surface area (Å²) in [5.41, 5.74) is 2.22. The Morgan fingerprint density at radius 3 is 2.52 bits per heavy atom. The minimum Gasteiger partial charge on any atom is -0.309 e. The van der Waals surface area contributed by atoms with E-state index in [0.29, 0.717) is 24.2 Å². The van der Waals surface area contributed by atoms with Gasteiger partial charge < -0.3 is 4.90 Å². The number of rotatable bonds is 4. The summed E-state index contributed by atoms with van der Waals surface area (Å²) in [5.74, 6) is -0.221. The molecule has 2 aromatic carbocycles. The number of nitro groups is 1. The molecule has 27 heavy (non-hydrogen) atoms. The van der Waals surface area contributed by atoms with Gasteiger partial charge in [-0.15, -0.1) is 0 Å². The lowest BCUT2D eigenvalue weighted by Gasteiger charge is -2.29. The fourth-order valence-corrected chi connectivity index (χ4v) is 3.67. The highest BCUT2D eigenvalue weighted by atomic mass is 32.2. The van der Waals surface area contributed by atoms with Crippen LogP contribution in [0.25, 0.3) is 6.08 Å². The molecule has 0 N–H and O–H groups in total. The van der Waals surface area contributed by atoms with Crippen LogP contribution < -0.4 is 4.90 Å². The second kappa shape index (κ2) is 7.32. The van der Waals surface area contributed by atoms with Gasteiger partial charge in [0.25, 0.3) is 11.6 Å². The first kappa shape index (κ1) is 18.8. The van der Waals surface area contributed by atoms with Crippen molar-refractivity contribution in [2.75, 3.05) is 17.7 Å². The van der Waals surface area contributed by atoms with Crippen molar-refractivity contribution in [3.63, 3.8) is 0 Å². The monoisotopic (exact) mass is 386 g/mol. The molecule has 3 rings (SSSR count). The van der Waals surface area contributed by atoms with Gasteiger partial charge in [-0.05, 0) is 60.4 Å². The van der Waals surface area contributed by atoms with Crippen molar-refractivity contribution in [1.82, 2.24) is 0 Å². The van der Waals surface area contributed by atoms with Gasteiger partial charge >= 0.3 is 0 Å². The molecule has 0 fully saturated rings. The van der Waals surface area contributed by atoms with Gasteiger partial charge in [-0.2, -0.15) is 0 Å². The molecule has 1 aliphatic rings. The fourth-order valence-electron chi connectivity index (χ4n) is 3.00. The van der Waals surface area contributed by atoms with Crippen LogP contribution in [0.3, 0.4) is 0 Å². The van der Waals surface area contributed by atoms with Crippen LogP contribution in [0.15, 0.2) is 53.4 Å². The molecule has 0 aromatic heterocycles. The van der Waals surface area contributed by atoms with Gasteiger partial charge in [0, 0.05) is 36.7 Å². The highest BCUT2D eigenvalue weighted by Gasteiger charge is 2.22. The predicted molar refractivity (Wildman–Crippen MR) is 102 cm³/mol. The molecule has 1 amide bonds. The number of sulfone groups is 1. The van der Waals surface area contributed by atoms with E-state index in [-0.39, 0.29) is 16.5 Å². The van der Waals surface area contributed by atoms with E-state index in [4.69, 9.17) is 0 Å². The van der Waals surface area contributed by atoms with Gasteiger partial charge in [0.1, 0.15) is 0 Å². The molecule has 0 atom stereocenters. The van der Waals surface area contributed by atoms with Crippen molar-refractivity contribution in [2.45, 2.75) is 17.7 Å². The zero-order valence-electron chi connectivity index (χ0n) is 14.7. The smallest absolute Gasteiger partial charge is 0.269 e. The van der Waals surface area contributed by atoms with E-state index in [1.807, 2.05) is 0 Å². The third-order valence-corrected chi connectivity index (χ3v) is 5.50. The maximum absolute atomic E-state index is 12.6. The minimum atomic E-state index is -3.30. The zero-order valence-corrected chi connectivity index (χ0v) is 15.5. The molecule has 0 saturated heterocycles. The summed E-state index contributed by atoms with van der Waals surface area (Å²) in [5, 5.41) is 10.7. The molecule has 0 saturated carbocycles. The van der Waals surface area contributed by atoms with Crippen LogP contribution in [0.2, 0.25) is 0 Å². The first-order chi connectivity index (χ1) is 12.8. The summed E-state index contributed by atoms with van der Waals surface area (Å²) in [7, 11) is -3.30. The number of nitro benzene ring substituents is 1. The van der Waals surface area contributed by atoms with Crippen LogP contribution in [0.4, 0.5) is 11.4 Å². The highest BCUT2D eigenvalue weighted by molar-refractivity contribution is 7.90. The average Bonchev–Trinajstić information content (AvgIpc) is 2.64. The molecule has 8 heteroatoms. The molecule has 7 nitrogen and oxygen atoms in total. The summed E-state index contributed by atoms with van der Waals surface area (Å²) in [6.07, 6.45) is 5.64. The molecule has 1 heterocycles. The number of benzene rings is 2. The van der Waals surface area contributed by atoms with E-state index in [1.54, 1.807) is 35.2 Å². The lowest BCUT2D eigenvalue weighted by atomic mass is 10.0. The van der Waals surface area contributed by atoms with Crippen LogP contribution in [0, 0.1) is 10.1 Å². The number of amides is 1. The van der Waals surface area contributed by atoms with Crippen molar-refractivity contribution < 1.29 is 18.1 Å². The number of non-ortho nitro benzene ring substituents is 1. The Labute approximate surface area is 157 Å². The highest BCUT2D eigenvalue weighted by Crippen LogP contribution is 2.29. The number of fused-ring (bicyclic) bond motifs is 1. The fraction of sp³-hybridized carbons (Fsp3) is 0.211. The number of hydrogen-bond acceptors (Lipinski definition) is 5. The van der Waals surface area contributed by atoms with Gasteiger partial charge in [-0.25, -0.2) is 8.42 Å². The van der Waals surface area contributed by atoms with Crippen LogP contribution in [-0.2, 0) is 21.1 Å². The Morgan fingerprint density at radius 2 is 1.89 bits per heavy atom. The van der Waals surface area contributed by atoms with Gasteiger partial charge in [0.15, 0.2) is 9.84 Å². The van der Waals surface area contributed by atoms with Crippen LogP contribution in [0.5, 0.6) is 0 Å². The van der Waals surface area contributed by atoms with Gasteiger partial charge in [-0.3, -0.25) is 14.9 Å². The first-order valence-corrected chi connectivity index (χ1v) is 10.2. The minimum absolute atomic E-state index is 0.00915. The average molecular weight is 386 g/mol. The van der Waals surface area contributed by atoms with E-state index < -0.39 is 14.8 Å². The molecule has 0 spiro atoms. The Bertz CT molecular complexity index is 1030. The molecule has 140 valence electrons. The molecular formula is C19H18N2O5S. The molecule has 2 aromatic rings. The third-order valence-electron chi connectivity index (χ3n) is 4.39. The molecule has 0 radical (unpaired) electrons. The quantitative estimate of drug-likeness (QED) is 0.457. The van der Waals surface area contributed by atoms with E-state index in [2.05, 4.69) is 0 Å². The van der Waals surface area contributed by atoms with E-state index >= 15 is 0 Å². The van der Waals surface area contributed by atoms with E-state index in [1.165, 1.54) is 24.3 Å². The Balaban J connectivity index is 1.81. The van der Waals surface area contributed by atoms with Crippen molar-refractivity contribution in [3.8, 4) is 0 Å². The van der Waals surface area contributed by atoms with Crippen LogP contribution in [0.1, 0.15) is 17.5 Å². The van der Waals surface area contributed by atoms with Crippen molar-refractivity contribution in [1.29, 1.82) is 0 Å². The van der Waals surface area contributed by atoms with Crippen LogP contribution in [-0.4, -0.2) is 32.0 Å². The number of hydrogen-bond donors (Lipinski definition) is 0. The molecular weight excluding hydrogens is 368 g/mol. The molecule has 0 bridgehead atoms. The first-order valence-electron chi connectivity index (χ1n) is 8.33. The van der Waals surface area contributed by atoms with E-state index in [0.717, 1.165) is 18.2 Å². The number of carbonyl (C=O) groups excluding carboxylic acids is 1. The second-order valence-corrected chi connectivity index (χ2v) is 8.35. The summed E-state index contributed by atoms with van der Waals surface area (Å²) >= 11 is 0. The lowest BCUT2D eigenvalue weighted by Crippen LogP contribution is -2.34. The van der Waals surface area contributed by atoms with Crippen molar-refractivity contribution in [2.24, 2.45) is 0 Å². The van der Waals surface area contributed by atoms with E-state index in [9.17, 15) is 23.3 Å². The summed E-state index contributed by atoms with van der Waals surface area (Å²) in [6.45, 7) is 0.550. The maximum atomic E-state index is 12.6. The maximum Gasteiger partial charge on any atom is 0.269 e. The van der Waals surface area contributed by atoms with Crippen molar-refractivity contribution in [3.05, 3.63) is 69.8 Å². The summed E-state index contributed by atoms with van der Waals surface area (Å²) in [6, 6.07) is 10.7. The van der Waals surface area contributed by atoms with Gasteiger partial charge in [-0.1, -0.05) is 0 Å². The molecule has 0 aliphatic carbocycles. The Morgan fingerprint density at radius 1 is 1.19 bits per heavy atom. The SMILES string of the molecule is CS(=O)(=O)c1ccc2c(c1)CCCN2C(=O)/C=C/c1ccc([N+](=O)[O-])cc1. The molecule has 1 aliphatic heterocycles. The standard InChI is InChI=1S/C19H18N2O5S/c1-27(25,26)17-9-10-18-15(13-17)3-2-12-20(18)19(22)11-6-14-4-7-16(8-5-14)21(23)24/h4-11,13H,2-3,12H2,1H3/b11-6+. The normalized spacial score (nSPS) is 14.2. The topological polar surface area (TPSA) is 97.6 Å². The number of nitrogens with zero attached hydrogens (tertiary/aromatic N) is 2. The van der Waals surface area contributed by atoms with Crippen LogP contribution >= 0.6 is 0 Å².